The van der Waals surface area contributed by atoms with Crippen molar-refractivity contribution in [2.24, 2.45) is 5.41 Å². The van der Waals surface area contributed by atoms with Gasteiger partial charge in [-0.1, -0.05) is 202 Å². The van der Waals surface area contributed by atoms with Gasteiger partial charge in [-0.2, -0.15) is 0 Å². The standard InChI is InChI=1S/C75H74BN3/c1-49-40-68-70-69(41-49)78(64-37-33-56(72(5,6)7)45-59(64)51-26-16-12-17-27-51)67-46-57(79-65-31-21-20-30-60(65)75(54-28-18-13-19-29-54)39-23-22-38-74(75,79)10)34-35-61(67)76(70)62-42-52-47-73(8,9)48-53(52)43-66(62)77(68)63-36-32-55(71(2,3)4)44-58(63)50-24-14-11-15-25-50/h11-21,24-37,40-46H,22-23,38-39,47-48H2,1-10H3. The fraction of sp³-hybridized carbons (Fsp3) is 0.280. The number of benzene rings is 9. The van der Waals surface area contributed by atoms with E-state index in [4.69, 9.17) is 0 Å². The third kappa shape index (κ3) is 7.60. The van der Waals surface area contributed by atoms with Crippen LogP contribution < -0.4 is 31.1 Å². The third-order valence-electron chi connectivity index (χ3n) is 19.2. The van der Waals surface area contributed by atoms with Crippen molar-refractivity contribution in [3.63, 3.8) is 0 Å². The van der Waals surface area contributed by atoms with Gasteiger partial charge in [-0.05, 0) is 183 Å². The molecule has 1 saturated carbocycles. The van der Waals surface area contributed by atoms with Gasteiger partial charge in [-0.15, -0.1) is 0 Å². The van der Waals surface area contributed by atoms with Gasteiger partial charge in [-0.3, -0.25) is 0 Å². The van der Waals surface area contributed by atoms with Crippen molar-refractivity contribution in [3.8, 4) is 22.3 Å². The number of nitrogens with zero attached hydrogens (tertiary/aromatic N) is 3. The molecule has 0 spiro atoms. The molecule has 1 fully saturated rings. The molecule has 2 aliphatic carbocycles. The normalized spacial score (nSPS) is 19.6. The number of anilines is 8. The quantitative estimate of drug-likeness (QED) is 0.154. The number of para-hydroxylation sites is 1. The molecule has 0 radical (unpaired) electrons. The lowest BCUT2D eigenvalue weighted by molar-refractivity contribution is 0.215. The van der Waals surface area contributed by atoms with Gasteiger partial charge in [0.25, 0.3) is 6.71 Å². The highest BCUT2D eigenvalue weighted by Crippen LogP contribution is 2.64. The first-order valence-electron chi connectivity index (χ1n) is 29.3. The highest BCUT2D eigenvalue weighted by Gasteiger charge is 2.61. The van der Waals surface area contributed by atoms with E-state index in [2.05, 4.69) is 278 Å². The second-order valence-electron chi connectivity index (χ2n) is 27.1. The summed E-state index contributed by atoms with van der Waals surface area (Å²) in [5.41, 5.74) is 28.6. The van der Waals surface area contributed by atoms with Gasteiger partial charge >= 0.3 is 0 Å². The van der Waals surface area contributed by atoms with Gasteiger partial charge in [0.15, 0.2) is 0 Å². The third-order valence-corrected chi connectivity index (χ3v) is 19.2. The fourth-order valence-electron chi connectivity index (χ4n) is 15.5. The topological polar surface area (TPSA) is 9.72 Å². The Kier molecular flexibility index (Phi) is 11.2. The van der Waals surface area contributed by atoms with Gasteiger partial charge < -0.3 is 14.7 Å². The van der Waals surface area contributed by atoms with E-state index in [1.54, 1.807) is 0 Å². The summed E-state index contributed by atoms with van der Waals surface area (Å²) in [6.45, 7) is 23.9. The Hall–Kier alpha value is -7.56. The second-order valence-corrected chi connectivity index (χ2v) is 27.1. The van der Waals surface area contributed by atoms with Gasteiger partial charge in [0.1, 0.15) is 0 Å². The molecule has 3 heterocycles. The van der Waals surface area contributed by atoms with E-state index in [1.807, 2.05) is 0 Å². The molecule has 392 valence electrons. The SMILES string of the molecule is Cc1cc2c3c(c1)N(c1ccc(C(C)(C)C)cc1-c1ccccc1)c1cc4c(cc1B3c1ccc(N3c5ccccc5C5(c6ccccc6)CCCCC35C)cc1N2c1ccc(C(C)(C)C)cc1-c1ccccc1)CC(C)(C)C4. The van der Waals surface area contributed by atoms with Crippen molar-refractivity contribution in [2.45, 2.75) is 130 Å². The molecule has 9 aromatic carbocycles. The number of aryl methyl sites for hydroxylation is 1. The van der Waals surface area contributed by atoms with E-state index in [0.29, 0.717) is 0 Å². The van der Waals surface area contributed by atoms with Crippen LogP contribution in [0.25, 0.3) is 22.3 Å². The minimum Gasteiger partial charge on any atom is -0.334 e. The predicted octanol–water partition coefficient (Wildman–Crippen LogP) is 17.9. The first-order chi connectivity index (χ1) is 37.9. The van der Waals surface area contributed by atoms with Gasteiger partial charge in [0, 0.05) is 50.7 Å². The van der Waals surface area contributed by atoms with Crippen LogP contribution in [0.4, 0.5) is 45.5 Å². The van der Waals surface area contributed by atoms with Crippen LogP contribution in [0.15, 0.2) is 194 Å². The first-order valence-corrected chi connectivity index (χ1v) is 29.3. The lowest BCUT2D eigenvalue weighted by atomic mass is 9.33. The minimum atomic E-state index is -0.209. The molecular weight excluding hydrogens is 954 g/mol. The summed E-state index contributed by atoms with van der Waals surface area (Å²) in [5.74, 6) is 0. The zero-order valence-electron chi connectivity index (χ0n) is 48.1. The summed E-state index contributed by atoms with van der Waals surface area (Å²) < 4.78 is 0. The van der Waals surface area contributed by atoms with Crippen molar-refractivity contribution in [1.29, 1.82) is 0 Å². The molecule has 3 nitrogen and oxygen atoms in total. The summed E-state index contributed by atoms with van der Waals surface area (Å²) in [6, 6.07) is 75.9. The number of rotatable bonds is 6. The Morgan fingerprint density at radius 2 is 0.962 bits per heavy atom. The molecule has 3 aliphatic heterocycles. The molecule has 5 aliphatic rings. The first kappa shape index (κ1) is 49.7. The Morgan fingerprint density at radius 1 is 0.443 bits per heavy atom. The molecule has 0 aromatic heterocycles. The summed E-state index contributed by atoms with van der Waals surface area (Å²) in [6.07, 6.45) is 6.77. The molecule has 0 N–H and O–H groups in total. The maximum atomic E-state index is 2.79. The largest absolute Gasteiger partial charge is 0.334 e. The fourth-order valence-corrected chi connectivity index (χ4v) is 15.5. The molecule has 2 unspecified atom stereocenters. The zero-order valence-corrected chi connectivity index (χ0v) is 48.1. The number of hydrogen-bond donors (Lipinski definition) is 0. The predicted molar refractivity (Wildman–Crippen MR) is 337 cm³/mol. The molecule has 0 bridgehead atoms. The number of fused-ring (bicyclic) bond motifs is 8. The van der Waals surface area contributed by atoms with Crippen molar-refractivity contribution in [3.05, 3.63) is 233 Å². The van der Waals surface area contributed by atoms with Crippen LogP contribution in [-0.2, 0) is 29.1 Å². The van der Waals surface area contributed by atoms with Crippen LogP contribution in [0.2, 0.25) is 0 Å². The average molecular weight is 1030 g/mol. The highest BCUT2D eigenvalue weighted by molar-refractivity contribution is 7.00. The Labute approximate surface area is 471 Å². The lowest BCUT2D eigenvalue weighted by Crippen LogP contribution is -2.61. The maximum absolute atomic E-state index is 2.79. The van der Waals surface area contributed by atoms with Crippen LogP contribution in [-0.4, -0.2) is 12.3 Å². The molecule has 9 aromatic rings. The summed E-state index contributed by atoms with van der Waals surface area (Å²) in [4.78, 5) is 8.18. The average Bonchev–Trinajstić information content (AvgIpc) is 3.04. The monoisotopic (exact) mass is 1030 g/mol. The Bertz CT molecular complexity index is 3900. The van der Waals surface area contributed by atoms with Crippen LogP contribution in [0.3, 0.4) is 0 Å². The van der Waals surface area contributed by atoms with Crippen LogP contribution in [0.5, 0.6) is 0 Å². The highest BCUT2D eigenvalue weighted by atomic mass is 15.3. The van der Waals surface area contributed by atoms with E-state index in [-0.39, 0.29) is 33.9 Å². The van der Waals surface area contributed by atoms with E-state index in [1.165, 1.54) is 136 Å². The van der Waals surface area contributed by atoms with Crippen molar-refractivity contribution < 1.29 is 0 Å². The Morgan fingerprint density at radius 3 is 1.54 bits per heavy atom. The molecule has 2 atom stereocenters. The molecular formula is C75H74BN3. The van der Waals surface area contributed by atoms with Gasteiger partial charge in [-0.25, -0.2) is 0 Å². The summed E-state index contributed by atoms with van der Waals surface area (Å²) in [7, 11) is 0. The van der Waals surface area contributed by atoms with Gasteiger partial charge in [0.2, 0.25) is 0 Å². The summed E-state index contributed by atoms with van der Waals surface area (Å²) >= 11 is 0. The Balaban J connectivity index is 1.08. The minimum absolute atomic E-state index is 0.0197. The van der Waals surface area contributed by atoms with Crippen LogP contribution >= 0.6 is 0 Å². The molecule has 0 amide bonds. The zero-order chi connectivity index (χ0) is 54.4. The number of hydrogen-bond acceptors (Lipinski definition) is 3. The van der Waals surface area contributed by atoms with Crippen LogP contribution in [0, 0.1) is 12.3 Å². The maximum Gasteiger partial charge on any atom is 0.252 e. The molecule has 79 heavy (non-hydrogen) atoms. The van der Waals surface area contributed by atoms with E-state index >= 15 is 0 Å². The lowest BCUT2D eigenvalue weighted by Gasteiger charge is -2.52. The van der Waals surface area contributed by atoms with E-state index in [9.17, 15) is 0 Å². The molecule has 14 rings (SSSR count). The van der Waals surface area contributed by atoms with Crippen molar-refractivity contribution in [2.75, 3.05) is 14.7 Å². The molecule has 0 saturated heterocycles. The summed E-state index contributed by atoms with van der Waals surface area (Å²) in [5, 5.41) is 0. The smallest absolute Gasteiger partial charge is 0.252 e. The van der Waals surface area contributed by atoms with Crippen molar-refractivity contribution in [1.82, 2.24) is 0 Å². The van der Waals surface area contributed by atoms with E-state index in [0.717, 1.165) is 25.7 Å². The molecule has 4 heteroatoms. The van der Waals surface area contributed by atoms with Crippen LogP contribution in [0.1, 0.15) is 127 Å². The van der Waals surface area contributed by atoms with Crippen molar-refractivity contribution >= 4 is 68.6 Å². The second kappa shape index (κ2) is 17.7. The van der Waals surface area contributed by atoms with E-state index < -0.39 is 0 Å². The van der Waals surface area contributed by atoms with Gasteiger partial charge in [0.05, 0.1) is 16.9 Å².